The first-order valence-electron chi connectivity index (χ1n) is 5.65. The highest BCUT2D eigenvalue weighted by atomic mass is 35.5. The number of nitrogens with zero attached hydrogens (tertiary/aromatic N) is 3. The maximum Gasteiger partial charge on any atom is 0.181 e. The highest BCUT2D eigenvalue weighted by molar-refractivity contribution is 7.19. The molecule has 2 N–H and O–H groups in total. The Labute approximate surface area is 119 Å². The second-order valence-corrected chi connectivity index (χ2v) is 5.61. The lowest BCUT2D eigenvalue weighted by Gasteiger charge is -2.00. The molecule has 3 rings (SSSR count). The monoisotopic (exact) mass is 290 g/mol. The normalized spacial score (nSPS) is 10.8. The van der Waals surface area contributed by atoms with E-state index in [1.165, 1.54) is 11.3 Å². The maximum atomic E-state index is 5.91. The molecule has 0 radical (unpaired) electrons. The van der Waals surface area contributed by atoms with Crippen LogP contribution < -0.4 is 5.73 Å². The Kier molecular flexibility index (Phi) is 3.00. The summed E-state index contributed by atoms with van der Waals surface area (Å²) in [7, 11) is 1.88. The molecule has 0 amide bonds. The van der Waals surface area contributed by atoms with Crippen molar-refractivity contribution in [1.82, 2.24) is 14.8 Å². The Balaban J connectivity index is 2.14. The maximum absolute atomic E-state index is 5.91. The van der Waals surface area contributed by atoms with Gasteiger partial charge >= 0.3 is 0 Å². The van der Waals surface area contributed by atoms with Gasteiger partial charge in [0.2, 0.25) is 0 Å². The fourth-order valence-electron chi connectivity index (χ4n) is 1.87. The zero-order valence-corrected chi connectivity index (χ0v) is 11.7. The summed E-state index contributed by atoms with van der Waals surface area (Å²) in [5, 5.41) is 5.43. The van der Waals surface area contributed by atoms with Gasteiger partial charge in [-0.2, -0.15) is 5.10 Å². The third kappa shape index (κ3) is 2.34. The van der Waals surface area contributed by atoms with Crippen molar-refractivity contribution >= 4 is 28.1 Å². The summed E-state index contributed by atoms with van der Waals surface area (Å²) in [5.41, 5.74) is 8.72. The van der Waals surface area contributed by atoms with Gasteiger partial charge in [-0.05, 0) is 17.7 Å². The van der Waals surface area contributed by atoms with E-state index in [1.807, 2.05) is 37.5 Å². The van der Waals surface area contributed by atoms with Crippen molar-refractivity contribution in [2.24, 2.45) is 7.05 Å². The fraction of sp³-hybridized carbons (Fsp3) is 0.0769. The van der Waals surface area contributed by atoms with E-state index in [0.717, 1.165) is 21.7 Å². The molecule has 0 bridgehead atoms. The lowest BCUT2D eigenvalue weighted by Crippen LogP contribution is -1.85. The van der Waals surface area contributed by atoms with Crippen molar-refractivity contribution in [3.05, 3.63) is 41.7 Å². The molecule has 19 heavy (non-hydrogen) atoms. The van der Waals surface area contributed by atoms with Gasteiger partial charge in [0, 0.05) is 23.8 Å². The molecule has 4 nitrogen and oxygen atoms in total. The quantitative estimate of drug-likeness (QED) is 0.786. The van der Waals surface area contributed by atoms with Gasteiger partial charge in [-0.1, -0.05) is 35.1 Å². The smallest absolute Gasteiger partial charge is 0.181 e. The van der Waals surface area contributed by atoms with Crippen LogP contribution in [-0.2, 0) is 7.05 Å². The molecule has 0 atom stereocenters. The largest absolute Gasteiger partial charge is 0.375 e. The predicted molar refractivity (Wildman–Crippen MR) is 79.2 cm³/mol. The first kappa shape index (κ1) is 12.2. The Bertz CT molecular complexity index is 715. The summed E-state index contributed by atoms with van der Waals surface area (Å²) >= 11 is 7.38. The molecule has 0 saturated heterocycles. The lowest BCUT2D eigenvalue weighted by atomic mass is 10.1. The number of aryl methyl sites for hydroxylation is 1. The average Bonchev–Trinajstić information content (AvgIpc) is 2.96. The molecule has 0 spiro atoms. The van der Waals surface area contributed by atoms with E-state index in [2.05, 4.69) is 10.1 Å². The second kappa shape index (κ2) is 4.68. The number of nitrogens with two attached hydrogens (primary N) is 1. The van der Waals surface area contributed by atoms with Crippen molar-refractivity contribution in [3.8, 4) is 21.7 Å². The zero-order chi connectivity index (χ0) is 13.4. The topological polar surface area (TPSA) is 56.7 Å². The van der Waals surface area contributed by atoms with E-state index in [0.29, 0.717) is 10.2 Å². The van der Waals surface area contributed by atoms with Crippen LogP contribution in [0.5, 0.6) is 0 Å². The first-order valence-corrected chi connectivity index (χ1v) is 6.84. The van der Waals surface area contributed by atoms with Gasteiger partial charge in [-0.25, -0.2) is 4.98 Å². The SMILES string of the molecule is Cn1cc(-c2nc(N)sc2-c2ccc(Cl)cc2)cn1. The number of anilines is 1. The van der Waals surface area contributed by atoms with Crippen LogP contribution in [0.1, 0.15) is 0 Å². The number of hydrogen-bond acceptors (Lipinski definition) is 4. The molecular weight excluding hydrogens is 280 g/mol. The Morgan fingerprint density at radius 2 is 1.95 bits per heavy atom. The van der Waals surface area contributed by atoms with Crippen LogP contribution >= 0.6 is 22.9 Å². The van der Waals surface area contributed by atoms with Crippen molar-refractivity contribution in [3.63, 3.8) is 0 Å². The van der Waals surface area contributed by atoms with E-state index in [4.69, 9.17) is 17.3 Å². The van der Waals surface area contributed by atoms with E-state index in [-0.39, 0.29) is 0 Å². The standard InChI is InChI=1S/C13H11ClN4S/c1-18-7-9(6-16-18)11-12(19-13(15)17-11)8-2-4-10(14)5-3-8/h2-7H,1H3,(H2,15,17). The predicted octanol–water partition coefficient (Wildman–Crippen LogP) is 3.45. The molecule has 1 aromatic carbocycles. The highest BCUT2D eigenvalue weighted by Gasteiger charge is 2.14. The van der Waals surface area contributed by atoms with E-state index < -0.39 is 0 Å². The van der Waals surface area contributed by atoms with Crippen LogP contribution in [0.15, 0.2) is 36.7 Å². The summed E-state index contributed by atoms with van der Waals surface area (Å²) in [5.74, 6) is 0. The number of rotatable bonds is 2. The van der Waals surface area contributed by atoms with Crippen LogP contribution in [0.3, 0.4) is 0 Å². The number of aromatic nitrogens is 3. The van der Waals surface area contributed by atoms with E-state index >= 15 is 0 Å². The number of hydrogen-bond donors (Lipinski definition) is 1. The molecule has 0 saturated carbocycles. The van der Waals surface area contributed by atoms with Gasteiger partial charge in [0.15, 0.2) is 5.13 Å². The van der Waals surface area contributed by atoms with Gasteiger partial charge in [0.05, 0.1) is 16.8 Å². The van der Waals surface area contributed by atoms with Crippen LogP contribution in [0, 0.1) is 0 Å². The molecule has 0 unspecified atom stereocenters. The average molecular weight is 291 g/mol. The van der Waals surface area contributed by atoms with Crippen LogP contribution in [-0.4, -0.2) is 14.8 Å². The van der Waals surface area contributed by atoms with E-state index in [9.17, 15) is 0 Å². The molecule has 0 aliphatic carbocycles. The van der Waals surface area contributed by atoms with Crippen LogP contribution in [0.4, 0.5) is 5.13 Å². The lowest BCUT2D eigenvalue weighted by molar-refractivity contribution is 0.768. The van der Waals surface area contributed by atoms with E-state index in [1.54, 1.807) is 10.9 Å². The Morgan fingerprint density at radius 3 is 2.58 bits per heavy atom. The molecule has 0 aliphatic rings. The summed E-state index contributed by atoms with van der Waals surface area (Å²) in [6, 6.07) is 7.66. The molecule has 0 aliphatic heterocycles. The molecular formula is C13H11ClN4S. The zero-order valence-electron chi connectivity index (χ0n) is 10.2. The Hall–Kier alpha value is -1.85. The van der Waals surface area contributed by atoms with Gasteiger partial charge in [-0.15, -0.1) is 0 Å². The Morgan fingerprint density at radius 1 is 1.21 bits per heavy atom. The minimum absolute atomic E-state index is 0.545. The van der Waals surface area contributed by atoms with Crippen molar-refractivity contribution in [2.75, 3.05) is 5.73 Å². The molecule has 6 heteroatoms. The van der Waals surface area contributed by atoms with Crippen LogP contribution in [0.2, 0.25) is 5.02 Å². The summed E-state index contributed by atoms with van der Waals surface area (Å²) in [6.45, 7) is 0. The second-order valence-electron chi connectivity index (χ2n) is 4.14. The highest BCUT2D eigenvalue weighted by Crippen LogP contribution is 2.37. The minimum Gasteiger partial charge on any atom is -0.375 e. The minimum atomic E-state index is 0.545. The molecule has 96 valence electrons. The van der Waals surface area contributed by atoms with Gasteiger partial charge < -0.3 is 5.73 Å². The van der Waals surface area contributed by atoms with Crippen LogP contribution in [0.25, 0.3) is 21.7 Å². The number of halogens is 1. The summed E-state index contributed by atoms with van der Waals surface area (Å²) < 4.78 is 1.75. The number of benzene rings is 1. The van der Waals surface area contributed by atoms with Crippen molar-refractivity contribution in [2.45, 2.75) is 0 Å². The molecule has 2 heterocycles. The fourth-order valence-corrected chi connectivity index (χ4v) is 2.86. The molecule has 2 aromatic heterocycles. The summed E-state index contributed by atoms with van der Waals surface area (Å²) in [4.78, 5) is 5.43. The van der Waals surface area contributed by atoms with Gasteiger partial charge in [0.1, 0.15) is 0 Å². The van der Waals surface area contributed by atoms with Gasteiger partial charge in [-0.3, -0.25) is 4.68 Å². The van der Waals surface area contributed by atoms with Gasteiger partial charge in [0.25, 0.3) is 0 Å². The third-order valence-electron chi connectivity index (χ3n) is 2.73. The number of nitrogen functional groups attached to an aromatic ring is 1. The molecule has 0 fully saturated rings. The first-order chi connectivity index (χ1) is 9.13. The molecule has 3 aromatic rings. The third-order valence-corrected chi connectivity index (χ3v) is 3.91. The van der Waals surface area contributed by atoms with Crippen molar-refractivity contribution < 1.29 is 0 Å². The number of thiazole rings is 1. The van der Waals surface area contributed by atoms with Crippen molar-refractivity contribution in [1.29, 1.82) is 0 Å². The summed E-state index contributed by atoms with van der Waals surface area (Å²) in [6.07, 6.45) is 3.71.